The van der Waals surface area contributed by atoms with E-state index in [1.54, 1.807) is 7.11 Å². The van der Waals surface area contributed by atoms with Crippen LogP contribution in [0.1, 0.15) is 62.6 Å². The fourth-order valence-corrected chi connectivity index (χ4v) is 6.36. The fraction of sp³-hybridized carbons (Fsp3) is 0.536. The van der Waals surface area contributed by atoms with Gasteiger partial charge in [-0.3, -0.25) is 4.98 Å². The third kappa shape index (κ3) is 4.53. The number of nitrogens with one attached hydrogen (secondary N) is 3. The summed E-state index contributed by atoms with van der Waals surface area (Å²) in [5.41, 5.74) is 4.09. The van der Waals surface area contributed by atoms with Crippen LogP contribution in [0, 0.1) is 5.92 Å². The Hall–Kier alpha value is -2.37. The van der Waals surface area contributed by atoms with Gasteiger partial charge in [0.05, 0.1) is 12.8 Å². The molecule has 2 aromatic heterocycles. The van der Waals surface area contributed by atoms with Crippen LogP contribution in [0.25, 0.3) is 10.9 Å². The molecule has 5 nitrogen and oxygen atoms in total. The Bertz CT molecular complexity index is 1050. The molecule has 3 N–H and O–H groups in total. The third-order valence-electron chi connectivity index (χ3n) is 8.24. The highest BCUT2D eigenvalue weighted by atomic mass is 16.5. The van der Waals surface area contributed by atoms with Crippen LogP contribution in [-0.2, 0) is 6.42 Å². The maximum atomic E-state index is 5.64. The number of aromatic nitrogens is 2. The van der Waals surface area contributed by atoms with Crippen molar-refractivity contribution in [2.45, 2.75) is 69.4 Å². The van der Waals surface area contributed by atoms with Crippen molar-refractivity contribution in [1.29, 1.82) is 0 Å². The van der Waals surface area contributed by atoms with E-state index in [1.807, 2.05) is 18.3 Å². The standard InChI is InChI=1S/C28H38N4O/c1-3-20(27-26(33-2)12-7-15-29-27)13-14-22(28-16-23(18-32-28)31-19-28)9-6-8-21-17-30-25-11-5-4-10-24(21)25/h4-5,7,10-12,15,17,20,22-23,30-32H,3,6,8-9,13-14,16,18-19H2,1-2H3. The van der Waals surface area contributed by atoms with Gasteiger partial charge in [-0.2, -0.15) is 0 Å². The summed E-state index contributed by atoms with van der Waals surface area (Å²) in [6.07, 6.45) is 12.5. The lowest BCUT2D eigenvalue weighted by molar-refractivity contribution is 0.210. The summed E-state index contributed by atoms with van der Waals surface area (Å²) in [6, 6.07) is 13.3. The van der Waals surface area contributed by atoms with Crippen LogP contribution in [0.5, 0.6) is 5.75 Å². The summed E-state index contributed by atoms with van der Waals surface area (Å²) in [7, 11) is 1.76. The molecule has 3 aromatic rings. The Labute approximate surface area is 197 Å². The molecular weight excluding hydrogens is 408 g/mol. The molecule has 4 unspecified atom stereocenters. The van der Waals surface area contributed by atoms with Crippen LogP contribution in [0.3, 0.4) is 0 Å². The Balaban J connectivity index is 1.28. The largest absolute Gasteiger partial charge is 0.495 e. The van der Waals surface area contributed by atoms with Gasteiger partial charge in [-0.25, -0.2) is 0 Å². The zero-order chi connectivity index (χ0) is 22.7. The highest BCUT2D eigenvalue weighted by Gasteiger charge is 2.48. The number of benzene rings is 1. The first-order valence-corrected chi connectivity index (χ1v) is 12.7. The van der Waals surface area contributed by atoms with Gasteiger partial charge in [-0.05, 0) is 74.6 Å². The number of aromatic amines is 1. The lowest BCUT2D eigenvalue weighted by Gasteiger charge is -2.37. The third-order valence-corrected chi connectivity index (χ3v) is 8.24. The Morgan fingerprint density at radius 3 is 2.82 bits per heavy atom. The first kappa shape index (κ1) is 22.4. The minimum absolute atomic E-state index is 0.261. The second kappa shape index (κ2) is 9.86. The van der Waals surface area contributed by atoms with Crippen molar-refractivity contribution < 1.29 is 4.74 Å². The van der Waals surface area contributed by atoms with Crippen LogP contribution in [0.2, 0.25) is 0 Å². The van der Waals surface area contributed by atoms with Gasteiger partial charge in [0.15, 0.2) is 0 Å². The second-order valence-corrected chi connectivity index (χ2v) is 10.0. The van der Waals surface area contributed by atoms with E-state index >= 15 is 0 Å². The monoisotopic (exact) mass is 446 g/mol. The molecule has 0 saturated carbocycles. The smallest absolute Gasteiger partial charge is 0.140 e. The molecule has 2 bridgehead atoms. The molecule has 33 heavy (non-hydrogen) atoms. The molecule has 5 heteroatoms. The number of methoxy groups -OCH3 is 1. The number of H-pyrrole nitrogens is 1. The van der Waals surface area contributed by atoms with E-state index in [4.69, 9.17) is 9.72 Å². The number of pyridine rings is 1. The quantitative estimate of drug-likeness (QED) is 0.379. The van der Waals surface area contributed by atoms with Gasteiger partial charge in [0, 0.05) is 53.9 Å². The van der Waals surface area contributed by atoms with Gasteiger partial charge in [0.25, 0.3) is 0 Å². The van der Waals surface area contributed by atoms with Crippen LogP contribution < -0.4 is 15.4 Å². The number of hydrogen-bond donors (Lipinski definition) is 3. The Morgan fingerprint density at radius 1 is 1.15 bits per heavy atom. The predicted octanol–water partition coefficient (Wildman–Crippen LogP) is 5.19. The molecule has 5 rings (SSSR count). The van der Waals surface area contributed by atoms with Crippen LogP contribution in [0.15, 0.2) is 48.8 Å². The average Bonchev–Trinajstić information content (AvgIpc) is 3.59. The molecule has 2 fully saturated rings. The molecule has 0 aliphatic carbocycles. The van der Waals surface area contributed by atoms with Gasteiger partial charge in [0.1, 0.15) is 5.75 Å². The van der Waals surface area contributed by atoms with Crippen molar-refractivity contribution in [2.24, 2.45) is 5.92 Å². The number of rotatable bonds is 11. The lowest BCUT2D eigenvalue weighted by Crippen LogP contribution is -2.54. The Kier molecular flexibility index (Phi) is 6.70. The van der Waals surface area contributed by atoms with E-state index in [9.17, 15) is 0 Å². The van der Waals surface area contributed by atoms with E-state index in [1.165, 1.54) is 42.1 Å². The second-order valence-electron chi connectivity index (χ2n) is 10.0. The van der Waals surface area contributed by atoms with Crippen LogP contribution in [0.4, 0.5) is 0 Å². The minimum Gasteiger partial charge on any atom is -0.495 e. The van der Waals surface area contributed by atoms with E-state index < -0.39 is 0 Å². The summed E-state index contributed by atoms with van der Waals surface area (Å²) in [5, 5.41) is 9.07. The summed E-state index contributed by atoms with van der Waals surface area (Å²) in [4.78, 5) is 8.15. The molecule has 2 saturated heterocycles. The number of ether oxygens (including phenoxy) is 1. The van der Waals surface area contributed by atoms with Crippen LogP contribution >= 0.6 is 0 Å². The highest BCUT2D eigenvalue weighted by Crippen LogP contribution is 2.40. The summed E-state index contributed by atoms with van der Waals surface area (Å²) in [5.74, 6) is 2.05. The number of aryl methyl sites for hydroxylation is 1. The number of nitrogens with zero attached hydrogens (tertiary/aromatic N) is 1. The van der Waals surface area contributed by atoms with Crippen molar-refractivity contribution in [1.82, 2.24) is 20.6 Å². The van der Waals surface area contributed by atoms with Crippen LogP contribution in [-0.4, -0.2) is 41.7 Å². The molecule has 2 aliphatic heterocycles. The van der Waals surface area contributed by atoms with Crippen molar-refractivity contribution >= 4 is 10.9 Å². The molecule has 2 aliphatic rings. The van der Waals surface area contributed by atoms with Crippen molar-refractivity contribution in [3.63, 3.8) is 0 Å². The van der Waals surface area contributed by atoms with Gasteiger partial charge in [0.2, 0.25) is 0 Å². The zero-order valence-corrected chi connectivity index (χ0v) is 20.1. The summed E-state index contributed by atoms with van der Waals surface area (Å²) in [6.45, 7) is 4.51. The molecule has 4 heterocycles. The number of fused-ring (bicyclic) bond motifs is 3. The van der Waals surface area contributed by atoms with E-state index in [-0.39, 0.29) is 5.54 Å². The lowest BCUT2D eigenvalue weighted by atomic mass is 9.76. The number of hydrogen-bond acceptors (Lipinski definition) is 4. The maximum absolute atomic E-state index is 5.64. The average molecular weight is 447 g/mol. The van der Waals surface area contributed by atoms with E-state index in [2.05, 4.69) is 53.0 Å². The normalized spacial score (nSPS) is 23.8. The van der Waals surface area contributed by atoms with Gasteiger partial charge >= 0.3 is 0 Å². The van der Waals surface area contributed by atoms with E-state index in [0.29, 0.717) is 17.9 Å². The molecule has 0 amide bonds. The fourth-order valence-electron chi connectivity index (χ4n) is 6.36. The molecule has 176 valence electrons. The molecule has 0 spiro atoms. The minimum atomic E-state index is 0.261. The first-order chi connectivity index (χ1) is 16.2. The SMILES string of the molecule is CCC(CCC(CCCc1c[nH]c2ccccc12)C12CNC(CN1)C2)c1ncccc1OC. The molecule has 4 atom stereocenters. The zero-order valence-electron chi connectivity index (χ0n) is 20.1. The summed E-state index contributed by atoms with van der Waals surface area (Å²) >= 11 is 0. The topological polar surface area (TPSA) is 62.0 Å². The van der Waals surface area contributed by atoms with Gasteiger partial charge in [-0.15, -0.1) is 0 Å². The van der Waals surface area contributed by atoms with Crippen molar-refractivity contribution in [3.05, 3.63) is 60.0 Å². The molecule has 0 radical (unpaired) electrons. The first-order valence-electron chi connectivity index (χ1n) is 12.7. The molecular formula is C28H38N4O. The number of para-hydroxylation sites is 1. The van der Waals surface area contributed by atoms with Gasteiger partial charge in [-0.1, -0.05) is 25.1 Å². The highest BCUT2D eigenvalue weighted by molar-refractivity contribution is 5.82. The van der Waals surface area contributed by atoms with Gasteiger partial charge < -0.3 is 20.4 Å². The number of piperazine rings is 1. The Morgan fingerprint density at radius 2 is 2.06 bits per heavy atom. The summed E-state index contributed by atoms with van der Waals surface area (Å²) < 4.78 is 5.64. The molecule has 1 aromatic carbocycles. The van der Waals surface area contributed by atoms with E-state index in [0.717, 1.165) is 43.8 Å². The van der Waals surface area contributed by atoms with Crippen molar-refractivity contribution in [2.75, 3.05) is 20.2 Å². The van der Waals surface area contributed by atoms with Crippen molar-refractivity contribution in [3.8, 4) is 5.75 Å². The maximum Gasteiger partial charge on any atom is 0.140 e. The predicted molar refractivity (Wildman–Crippen MR) is 135 cm³/mol.